The van der Waals surface area contributed by atoms with Crippen LogP contribution < -0.4 is 4.90 Å². The minimum atomic E-state index is 0.851. The van der Waals surface area contributed by atoms with Gasteiger partial charge in [0.05, 0.1) is 27.8 Å². The van der Waals surface area contributed by atoms with Gasteiger partial charge in [-0.15, -0.1) is 0 Å². The van der Waals surface area contributed by atoms with E-state index >= 15 is 0 Å². The minimum Gasteiger partial charge on any atom is -0.455 e. The quantitative estimate of drug-likeness (QED) is 0.165. The molecule has 10 aromatic carbocycles. The maximum absolute atomic E-state index is 6.97. The fourth-order valence-corrected chi connectivity index (χ4v) is 9.12. The Morgan fingerprint density at radius 2 is 0.807 bits per heavy atom. The molecular formula is C54H33NO2. The largest absolute Gasteiger partial charge is 0.455 e. The van der Waals surface area contributed by atoms with Crippen LogP contribution in [0.1, 0.15) is 0 Å². The van der Waals surface area contributed by atoms with Crippen LogP contribution >= 0.6 is 0 Å². The van der Waals surface area contributed by atoms with Crippen LogP contribution in [-0.4, -0.2) is 0 Å². The van der Waals surface area contributed by atoms with Crippen LogP contribution in [0.4, 0.5) is 17.1 Å². The maximum atomic E-state index is 6.97. The predicted octanol–water partition coefficient (Wildman–Crippen LogP) is 15.7. The normalized spacial score (nSPS) is 11.9. The van der Waals surface area contributed by atoms with Crippen molar-refractivity contribution in [3.8, 4) is 22.3 Å². The van der Waals surface area contributed by atoms with E-state index < -0.39 is 0 Å². The van der Waals surface area contributed by atoms with Gasteiger partial charge in [-0.05, 0) is 80.5 Å². The number of hydrogen-bond acceptors (Lipinski definition) is 3. The summed E-state index contributed by atoms with van der Waals surface area (Å²) >= 11 is 0. The second-order valence-corrected chi connectivity index (χ2v) is 14.8. The van der Waals surface area contributed by atoms with Gasteiger partial charge in [-0.25, -0.2) is 0 Å². The maximum Gasteiger partial charge on any atom is 0.145 e. The van der Waals surface area contributed by atoms with E-state index in [1.54, 1.807) is 0 Å². The van der Waals surface area contributed by atoms with Gasteiger partial charge in [-0.2, -0.15) is 0 Å². The standard InChI is InChI=1S/C54H33NO2/c1-2-14-35(15-3-1)39-30-32-47(51-44-21-8-10-26-49(44)56-53(39)51)55(46-25-13-24-40-38-20-7-5-17-36(38)28-29-42(40)46)48-33-31-43(41-23-12-18-34-16-4-6-19-37(34)41)54-52(48)45-22-9-11-27-50(45)57-54/h1-33H. The molecule has 0 saturated heterocycles. The van der Waals surface area contributed by atoms with Crippen molar-refractivity contribution < 1.29 is 8.83 Å². The third-order valence-electron chi connectivity index (χ3n) is 11.7. The van der Waals surface area contributed by atoms with Crippen molar-refractivity contribution in [1.82, 2.24) is 0 Å². The van der Waals surface area contributed by atoms with E-state index in [4.69, 9.17) is 8.83 Å². The molecule has 266 valence electrons. The Hall–Kier alpha value is -7.62. The Morgan fingerprint density at radius 1 is 0.281 bits per heavy atom. The van der Waals surface area contributed by atoms with Crippen molar-refractivity contribution in [3.05, 3.63) is 200 Å². The number of anilines is 3. The van der Waals surface area contributed by atoms with Crippen molar-refractivity contribution in [1.29, 1.82) is 0 Å². The second-order valence-electron chi connectivity index (χ2n) is 14.8. The Morgan fingerprint density at radius 3 is 1.53 bits per heavy atom. The number of furan rings is 2. The minimum absolute atomic E-state index is 0.851. The lowest BCUT2D eigenvalue weighted by atomic mass is 9.94. The van der Waals surface area contributed by atoms with Crippen molar-refractivity contribution in [2.24, 2.45) is 0 Å². The molecule has 0 radical (unpaired) electrons. The summed E-state index contributed by atoms with van der Waals surface area (Å²) < 4.78 is 13.8. The van der Waals surface area contributed by atoms with E-state index in [0.29, 0.717) is 0 Å². The van der Waals surface area contributed by atoms with Crippen LogP contribution in [0.3, 0.4) is 0 Å². The van der Waals surface area contributed by atoms with E-state index in [1.165, 1.54) is 26.9 Å². The Balaban J connectivity index is 1.24. The fourth-order valence-electron chi connectivity index (χ4n) is 9.12. The molecule has 3 nitrogen and oxygen atoms in total. The second kappa shape index (κ2) is 12.5. The predicted molar refractivity (Wildman–Crippen MR) is 239 cm³/mol. The highest BCUT2D eigenvalue weighted by molar-refractivity contribution is 6.24. The van der Waals surface area contributed by atoms with Crippen molar-refractivity contribution in [3.63, 3.8) is 0 Å². The first-order valence-electron chi connectivity index (χ1n) is 19.4. The molecule has 0 aliphatic carbocycles. The number of fused-ring (bicyclic) bond motifs is 10. The molecule has 0 spiro atoms. The average Bonchev–Trinajstić information content (AvgIpc) is 3.87. The Kier molecular flexibility index (Phi) is 6.93. The van der Waals surface area contributed by atoms with Gasteiger partial charge in [0.15, 0.2) is 0 Å². The van der Waals surface area contributed by atoms with Gasteiger partial charge in [0.25, 0.3) is 0 Å². The monoisotopic (exact) mass is 727 g/mol. The van der Waals surface area contributed by atoms with E-state index in [9.17, 15) is 0 Å². The third-order valence-corrected chi connectivity index (χ3v) is 11.7. The van der Waals surface area contributed by atoms with Gasteiger partial charge in [-0.1, -0.05) is 158 Å². The highest BCUT2D eigenvalue weighted by Crippen LogP contribution is 2.52. The fraction of sp³-hybridized carbons (Fsp3) is 0. The molecule has 0 unspecified atom stereocenters. The Labute approximate surface area is 328 Å². The number of rotatable bonds is 5. The summed E-state index contributed by atoms with van der Waals surface area (Å²) in [5.74, 6) is 0. The summed E-state index contributed by atoms with van der Waals surface area (Å²) in [5, 5.41) is 11.4. The molecule has 0 aliphatic rings. The highest BCUT2D eigenvalue weighted by Gasteiger charge is 2.27. The van der Waals surface area contributed by atoms with E-state index in [-0.39, 0.29) is 0 Å². The topological polar surface area (TPSA) is 29.5 Å². The molecule has 2 aromatic heterocycles. The van der Waals surface area contributed by atoms with Gasteiger partial charge in [0.2, 0.25) is 0 Å². The number of hydrogen-bond donors (Lipinski definition) is 0. The number of benzene rings is 10. The molecule has 3 heteroatoms. The van der Waals surface area contributed by atoms with E-state index in [0.717, 1.165) is 88.6 Å². The van der Waals surface area contributed by atoms with E-state index in [1.807, 2.05) is 6.07 Å². The zero-order valence-electron chi connectivity index (χ0n) is 30.8. The third kappa shape index (κ3) is 4.79. The van der Waals surface area contributed by atoms with Gasteiger partial charge in [-0.3, -0.25) is 0 Å². The summed E-state index contributed by atoms with van der Waals surface area (Å²) in [6.45, 7) is 0. The summed E-state index contributed by atoms with van der Waals surface area (Å²) in [4.78, 5) is 2.45. The first-order chi connectivity index (χ1) is 28.3. The molecule has 0 atom stereocenters. The van der Waals surface area contributed by atoms with E-state index in [2.05, 4.69) is 199 Å². The molecule has 12 rings (SSSR count). The molecule has 57 heavy (non-hydrogen) atoms. The molecule has 0 bridgehead atoms. The van der Waals surface area contributed by atoms with Crippen molar-refractivity contribution >= 4 is 93.3 Å². The molecule has 0 saturated carbocycles. The summed E-state index contributed by atoms with van der Waals surface area (Å²) in [6, 6.07) is 71.4. The lowest BCUT2D eigenvalue weighted by Crippen LogP contribution is -2.11. The molecular weight excluding hydrogens is 695 g/mol. The average molecular weight is 728 g/mol. The van der Waals surface area contributed by atoms with Crippen molar-refractivity contribution in [2.75, 3.05) is 4.90 Å². The lowest BCUT2D eigenvalue weighted by molar-refractivity contribution is 0.670. The first kappa shape index (κ1) is 31.7. The zero-order valence-corrected chi connectivity index (χ0v) is 30.8. The molecule has 0 aliphatic heterocycles. The zero-order chi connectivity index (χ0) is 37.5. The number of para-hydroxylation sites is 2. The summed E-state index contributed by atoms with van der Waals surface area (Å²) in [7, 11) is 0. The van der Waals surface area contributed by atoms with Crippen LogP contribution in [0.5, 0.6) is 0 Å². The highest BCUT2D eigenvalue weighted by atomic mass is 16.3. The van der Waals surface area contributed by atoms with Crippen LogP contribution in [0.2, 0.25) is 0 Å². The molecule has 0 N–H and O–H groups in total. The molecule has 2 heterocycles. The SMILES string of the molecule is c1ccc(-c2ccc(N(c3cccc4c3ccc3ccccc34)c3ccc(-c4cccc5ccccc45)c4oc5ccccc5c34)c3c2oc2ccccc23)cc1. The van der Waals surface area contributed by atoms with Gasteiger partial charge in [0.1, 0.15) is 22.3 Å². The van der Waals surface area contributed by atoms with Crippen LogP contribution in [0.15, 0.2) is 209 Å². The van der Waals surface area contributed by atoms with Gasteiger partial charge >= 0.3 is 0 Å². The summed E-state index contributed by atoms with van der Waals surface area (Å²) in [6.07, 6.45) is 0. The van der Waals surface area contributed by atoms with Gasteiger partial charge < -0.3 is 13.7 Å². The van der Waals surface area contributed by atoms with Crippen LogP contribution in [0, 0.1) is 0 Å². The number of nitrogens with zero attached hydrogens (tertiary/aromatic N) is 1. The smallest absolute Gasteiger partial charge is 0.145 e. The van der Waals surface area contributed by atoms with Crippen molar-refractivity contribution in [2.45, 2.75) is 0 Å². The van der Waals surface area contributed by atoms with Crippen LogP contribution in [-0.2, 0) is 0 Å². The van der Waals surface area contributed by atoms with Crippen LogP contribution in [0.25, 0.3) is 98.4 Å². The van der Waals surface area contributed by atoms with Gasteiger partial charge in [0, 0.05) is 27.3 Å². The first-order valence-corrected chi connectivity index (χ1v) is 19.4. The molecule has 0 fully saturated rings. The molecule has 12 aromatic rings. The Bertz CT molecular complexity index is 3530. The summed E-state index contributed by atoms with van der Waals surface area (Å²) in [5.41, 5.74) is 10.9. The molecule has 0 amide bonds. The lowest BCUT2D eigenvalue weighted by Gasteiger charge is -2.29.